The standard InChI is InChI=1S/C15H24BrClN2/c1-9(2)11-5-6-13(16)12(7-11)8-14-15(17)10(3)18-19(14)4/h9,11-13H,5-8H2,1-4H3. The van der Waals surface area contributed by atoms with Gasteiger partial charge in [0, 0.05) is 11.9 Å². The van der Waals surface area contributed by atoms with Gasteiger partial charge in [0.15, 0.2) is 0 Å². The van der Waals surface area contributed by atoms with Gasteiger partial charge in [0.2, 0.25) is 0 Å². The number of nitrogens with zero attached hydrogens (tertiary/aromatic N) is 2. The van der Waals surface area contributed by atoms with Crippen molar-refractivity contribution in [2.24, 2.45) is 24.8 Å². The number of rotatable bonds is 3. The van der Waals surface area contributed by atoms with Gasteiger partial charge < -0.3 is 0 Å². The van der Waals surface area contributed by atoms with E-state index in [2.05, 4.69) is 34.9 Å². The van der Waals surface area contributed by atoms with E-state index in [1.807, 2.05) is 18.7 Å². The highest BCUT2D eigenvalue weighted by Gasteiger charge is 2.31. The van der Waals surface area contributed by atoms with Gasteiger partial charge in [-0.15, -0.1) is 0 Å². The van der Waals surface area contributed by atoms with Gasteiger partial charge >= 0.3 is 0 Å². The first-order valence-electron chi connectivity index (χ1n) is 7.22. The molecule has 19 heavy (non-hydrogen) atoms. The van der Waals surface area contributed by atoms with Gasteiger partial charge in [-0.3, -0.25) is 4.68 Å². The highest BCUT2D eigenvalue weighted by atomic mass is 79.9. The van der Waals surface area contributed by atoms with Crippen LogP contribution in [0.5, 0.6) is 0 Å². The Morgan fingerprint density at radius 3 is 2.63 bits per heavy atom. The molecule has 1 aromatic rings. The van der Waals surface area contributed by atoms with Crippen molar-refractivity contribution in [3.05, 3.63) is 16.4 Å². The monoisotopic (exact) mass is 346 g/mol. The third-order valence-corrected chi connectivity index (χ3v) is 6.29. The highest BCUT2D eigenvalue weighted by molar-refractivity contribution is 9.09. The lowest BCUT2D eigenvalue weighted by molar-refractivity contribution is 0.221. The maximum Gasteiger partial charge on any atom is 0.0847 e. The van der Waals surface area contributed by atoms with Crippen LogP contribution in [-0.2, 0) is 13.5 Å². The van der Waals surface area contributed by atoms with Crippen LogP contribution in [0, 0.1) is 24.7 Å². The summed E-state index contributed by atoms with van der Waals surface area (Å²) in [4.78, 5) is 0.619. The highest BCUT2D eigenvalue weighted by Crippen LogP contribution is 2.39. The number of alkyl halides is 1. The van der Waals surface area contributed by atoms with Crippen LogP contribution in [0.2, 0.25) is 5.02 Å². The average molecular weight is 348 g/mol. The van der Waals surface area contributed by atoms with Gasteiger partial charge in [-0.2, -0.15) is 5.10 Å². The Kier molecular flexibility index (Phi) is 4.99. The average Bonchev–Trinajstić information content (AvgIpc) is 2.58. The van der Waals surface area contributed by atoms with Gasteiger partial charge in [-0.25, -0.2) is 0 Å². The van der Waals surface area contributed by atoms with Crippen LogP contribution in [0.4, 0.5) is 0 Å². The van der Waals surface area contributed by atoms with Gasteiger partial charge in [0.1, 0.15) is 0 Å². The summed E-state index contributed by atoms with van der Waals surface area (Å²) in [6.45, 7) is 6.67. The van der Waals surface area contributed by atoms with E-state index in [4.69, 9.17) is 11.6 Å². The zero-order chi connectivity index (χ0) is 14.2. The van der Waals surface area contributed by atoms with E-state index in [0.717, 1.165) is 29.0 Å². The Morgan fingerprint density at radius 1 is 1.42 bits per heavy atom. The second-order valence-corrected chi connectivity index (χ2v) is 7.82. The summed E-state index contributed by atoms with van der Waals surface area (Å²) in [7, 11) is 2.00. The van der Waals surface area contributed by atoms with Crippen LogP contribution in [0.1, 0.15) is 44.5 Å². The van der Waals surface area contributed by atoms with E-state index in [1.165, 1.54) is 25.0 Å². The molecule has 0 amide bonds. The lowest BCUT2D eigenvalue weighted by Gasteiger charge is -2.35. The molecule has 0 aromatic carbocycles. The molecule has 1 saturated carbocycles. The molecule has 1 aliphatic rings. The zero-order valence-corrected chi connectivity index (χ0v) is 14.6. The van der Waals surface area contributed by atoms with Crippen LogP contribution in [0.25, 0.3) is 0 Å². The summed E-state index contributed by atoms with van der Waals surface area (Å²) in [5, 5.41) is 5.28. The van der Waals surface area contributed by atoms with Crippen LogP contribution in [0.3, 0.4) is 0 Å². The fraction of sp³-hybridized carbons (Fsp3) is 0.800. The number of halogens is 2. The van der Waals surface area contributed by atoms with Gasteiger partial charge in [-0.05, 0) is 50.4 Å². The molecule has 4 heteroatoms. The van der Waals surface area contributed by atoms with Gasteiger partial charge in [0.05, 0.1) is 16.4 Å². The SMILES string of the molecule is Cc1nn(C)c(CC2CC(C(C)C)CCC2Br)c1Cl. The van der Waals surface area contributed by atoms with Crippen molar-refractivity contribution in [1.29, 1.82) is 0 Å². The predicted molar refractivity (Wildman–Crippen MR) is 85.0 cm³/mol. The minimum atomic E-state index is 0.619. The molecule has 0 spiro atoms. The Bertz CT molecular complexity index is 442. The number of aromatic nitrogens is 2. The van der Waals surface area contributed by atoms with Crippen molar-refractivity contribution >= 4 is 27.5 Å². The molecule has 0 aliphatic heterocycles. The largest absolute Gasteiger partial charge is 0.271 e. The molecule has 3 unspecified atom stereocenters. The third kappa shape index (κ3) is 3.36. The smallest absolute Gasteiger partial charge is 0.0847 e. The van der Waals surface area contributed by atoms with E-state index in [-0.39, 0.29) is 0 Å². The Hall–Kier alpha value is -0.0200. The van der Waals surface area contributed by atoms with E-state index >= 15 is 0 Å². The minimum Gasteiger partial charge on any atom is -0.271 e. The Morgan fingerprint density at radius 2 is 2.11 bits per heavy atom. The van der Waals surface area contributed by atoms with Gasteiger partial charge in [0.25, 0.3) is 0 Å². The van der Waals surface area contributed by atoms with E-state index < -0.39 is 0 Å². The van der Waals surface area contributed by atoms with Crippen molar-refractivity contribution in [2.75, 3.05) is 0 Å². The molecule has 0 N–H and O–H groups in total. The maximum atomic E-state index is 6.38. The van der Waals surface area contributed by atoms with E-state index in [9.17, 15) is 0 Å². The number of aryl methyl sites for hydroxylation is 2. The number of hydrogen-bond donors (Lipinski definition) is 0. The Labute approximate surface area is 130 Å². The summed E-state index contributed by atoms with van der Waals surface area (Å²) in [5.74, 6) is 2.31. The van der Waals surface area contributed by atoms with E-state index in [1.54, 1.807) is 0 Å². The second kappa shape index (κ2) is 6.17. The number of hydrogen-bond acceptors (Lipinski definition) is 1. The fourth-order valence-electron chi connectivity index (χ4n) is 3.23. The molecule has 0 saturated heterocycles. The molecule has 1 fully saturated rings. The Balaban J connectivity index is 2.12. The van der Waals surface area contributed by atoms with Crippen molar-refractivity contribution in [3.8, 4) is 0 Å². The van der Waals surface area contributed by atoms with Crippen LogP contribution in [-0.4, -0.2) is 14.6 Å². The molecule has 1 aromatic heterocycles. The van der Waals surface area contributed by atoms with Crippen LogP contribution < -0.4 is 0 Å². The molecule has 108 valence electrons. The lowest BCUT2D eigenvalue weighted by atomic mass is 9.74. The van der Waals surface area contributed by atoms with Crippen molar-refractivity contribution in [1.82, 2.24) is 9.78 Å². The lowest BCUT2D eigenvalue weighted by Crippen LogP contribution is -2.29. The zero-order valence-electron chi connectivity index (χ0n) is 12.3. The molecule has 0 bridgehead atoms. The molecule has 1 aliphatic carbocycles. The van der Waals surface area contributed by atoms with Gasteiger partial charge in [-0.1, -0.05) is 41.4 Å². The molecule has 2 nitrogen and oxygen atoms in total. The summed E-state index contributed by atoms with van der Waals surface area (Å²) < 4.78 is 1.95. The third-order valence-electron chi connectivity index (χ3n) is 4.59. The minimum absolute atomic E-state index is 0.619. The normalized spacial score (nSPS) is 28.1. The first-order chi connectivity index (χ1) is 8.90. The summed E-state index contributed by atoms with van der Waals surface area (Å²) >= 11 is 10.3. The summed E-state index contributed by atoms with van der Waals surface area (Å²) in [6.07, 6.45) is 4.97. The molecular weight excluding hydrogens is 324 g/mol. The first-order valence-corrected chi connectivity index (χ1v) is 8.51. The second-order valence-electron chi connectivity index (χ2n) is 6.27. The summed E-state index contributed by atoms with van der Waals surface area (Å²) in [6, 6.07) is 0. The van der Waals surface area contributed by atoms with Crippen molar-refractivity contribution in [2.45, 2.75) is 51.3 Å². The fourth-order valence-corrected chi connectivity index (χ4v) is 4.13. The molecule has 1 heterocycles. The quantitative estimate of drug-likeness (QED) is 0.721. The van der Waals surface area contributed by atoms with Crippen LogP contribution >= 0.6 is 27.5 Å². The van der Waals surface area contributed by atoms with Crippen molar-refractivity contribution < 1.29 is 0 Å². The molecule has 2 rings (SSSR count). The van der Waals surface area contributed by atoms with Crippen molar-refractivity contribution in [3.63, 3.8) is 0 Å². The van der Waals surface area contributed by atoms with E-state index in [0.29, 0.717) is 10.7 Å². The maximum absolute atomic E-state index is 6.38. The summed E-state index contributed by atoms with van der Waals surface area (Å²) in [5.41, 5.74) is 2.14. The molecule has 3 atom stereocenters. The predicted octanol–water partition coefficient (Wildman–Crippen LogP) is 4.76. The molecular formula is C15H24BrClN2. The molecule has 0 radical (unpaired) electrons. The van der Waals surface area contributed by atoms with Crippen LogP contribution in [0.15, 0.2) is 0 Å². The topological polar surface area (TPSA) is 17.8 Å². The first kappa shape index (κ1) is 15.4.